The number of hydrogen-bond donors (Lipinski definition) is 2. The fourth-order valence-electron chi connectivity index (χ4n) is 4.84. The maximum Gasteiger partial charge on any atom is 0.416 e. The van der Waals surface area contributed by atoms with Crippen LogP contribution in [0, 0.1) is 11.6 Å². The van der Waals surface area contributed by atoms with Crippen LogP contribution in [0.5, 0.6) is 5.75 Å². The first kappa shape index (κ1) is 32.1. The second kappa shape index (κ2) is 13.7. The number of benzene rings is 3. The van der Waals surface area contributed by atoms with Crippen molar-refractivity contribution in [1.82, 2.24) is 14.5 Å². The summed E-state index contributed by atoms with van der Waals surface area (Å²) < 4.78 is 78.2. The number of nitrogens with zero attached hydrogens (tertiary/aromatic N) is 2. The van der Waals surface area contributed by atoms with Crippen LogP contribution >= 0.6 is 0 Å². The zero-order valence-electron chi connectivity index (χ0n) is 23.5. The Morgan fingerprint density at radius 3 is 2.34 bits per heavy atom. The molecule has 0 spiro atoms. The van der Waals surface area contributed by atoms with E-state index in [-0.39, 0.29) is 36.4 Å². The van der Waals surface area contributed by atoms with Crippen molar-refractivity contribution in [3.05, 3.63) is 122 Å². The number of amides is 1. The third-order valence-corrected chi connectivity index (χ3v) is 7.02. The third-order valence-electron chi connectivity index (χ3n) is 7.02. The normalized spacial score (nSPS) is 12.2. The summed E-state index contributed by atoms with van der Waals surface area (Å²) in [6.45, 7) is -0.970. The molecule has 3 N–H and O–H groups in total. The van der Waals surface area contributed by atoms with Crippen molar-refractivity contribution in [2.24, 2.45) is 5.73 Å². The van der Waals surface area contributed by atoms with Crippen LogP contribution in [0.4, 0.5) is 22.0 Å². The smallest absolute Gasteiger partial charge is 0.416 e. The summed E-state index contributed by atoms with van der Waals surface area (Å²) in [7, 11) is 1.21. The van der Waals surface area contributed by atoms with Crippen LogP contribution in [0.25, 0.3) is 11.1 Å². The first-order valence-electron chi connectivity index (χ1n) is 13.5. The molecule has 0 saturated heterocycles. The van der Waals surface area contributed by atoms with Crippen LogP contribution in [-0.2, 0) is 24.1 Å². The Morgan fingerprint density at radius 2 is 1.68 bits per heavy atom. The van der Waals surface area contributed by atoms with Crippen LogP contribution in [0.15, 0.2) is 82.5 Å². The average molecular weight is 617 g/mol. The number of primary amides is 1. The molecule has 0 radical (unpaired) electrons. The summed E-state index contributed by atoms with van der Waals surface area (Å²) in [4.78, 5) is 38.8. The number of carbonyl (C=O) groups is 1. The molecule has 0 fully saturated rings. The molecular formula is C31H29F5N4O4. The van der Waals surface area contributed by atoms with Gasteiger partial charge in [0.1, 0.15) is 5.82 Å². The number of halogens is 5. The number of aromatic nitrogens is 2. The highest BCUT2D eigenvalue weighted by Crippen LogP contribution is 2.33. The lowest BCUT2D eigenvalue weighted by molar-refractivity contribution is -0.138. The summed E-state index contributed by atoms with van der Waals surface area (Å²) in [5.41, 5.74) is 1.15. The van der Waals surface area contributed by atoms with E-state index >= 15 is 4.39 Å². The first-order chi connectivity index (χ1) is 20.9. The second-order valence-corrected chi connectivity index (χ2v) is 9.94. The van der Waals surface area contributed by atoms with Gasteiger partial charge in [0.05, 0.1) is 37.4 Å². The molecule has 0 aliphatic carbocycles. The van der Waals surface area contributed by atoms with E-state index in [4.69, 9.17) is 10.5 Å². The van der Waals surface area contributed by atoms with E-state index in [1.807, 2.05) is 0 Å². The quantitative estimate of drug-likeness (QED) is 0.178. The number of ether oxygens (including phenoxy) is 1. The largest absolute Gasteiger partial charge is 0.494 e. The van der Waals surface area contributed by atoms with Gasteiger partial charge in [-0.2, -0.15) is 13.2 Å². The molecule has 4 aromatic rings. The highest BCUT2D eigenvalue weighted by Gasteiger charge is 2.35. The number of hydrogen-bond acceptors (Lipinski definition) is 5. The lowest BCUT2D eigenvalue weighted by Crippen LogP contribution is -2.43. The molecule has 13 heteroatoms. The van der Waals surface area contributed by atoms with Crippen molar-refractivity contribution < 1.29 is 31.5 Å². The van der Waals surface area contributed by atoms with Gasteiger partial charge < -0.3 is 15.8 Å². The van der Waals surface area contributed by atoms with E-state index < -0.39 is 58.7 Å². The highest BCUT2D eigenvalue weighted by molar-refractivity contribution is 5.73. The third kappa shape index (κ3) is 7.22. The number of alkyl halides is 3. The minimum atomic E-state index is -4.94. The van der Waals surface area contributed by atoms with E-state index in [9.17, 15) is 31.9 Å². The highest BCUT2D eigenvalue weighted by atomic mass is 19.4. The van der Waals surface area contributed by atoms with Gasteiger partial charge in [-0.15, -0.1) is 0 Å². The van der Waals surface area contributed by atoms with E-state index in [0.29, 0.717) is 18.1 Å². The second-order valence-electron chi connectivity index (χ2n) is 9.94. The van der Waals surface area contributed by atoms with E-state index in [0.717, 1.165) is 27.5 Å². The molecule has 8 nitrogen and oxygen atoms in total. The maximum atomic E-state index is 15.4. The predicted octanol–water partition coefficient (Wildman–Crippen LogP) is 4.63. The molecule has 0 aliphatic rings. The Balaban J connectivity index is 1.90. The molecule has 0 saturated carbocycles. The van der Waals surface area contributed by atoms with Crippen molar-refractivity contribution in [3.63, 3.8) is 0 Å². The summed E-state index contributed by atoms with van der Waals surface area (Å²) >= 11 is 0. The minimum Gasteiger partial charge on any atom is -0.494 e. The van der Waals surface area contributed by atoms with Crippen LogP contribution in [0.1, 0.15) is 35.6 Å². The fourth-order valence-corrected chi connectivity index (χ4v) is 4.84. The molecule has 1 heterocycles. The molecule has 1 atom stereocenters. The molecule has 3 aromatic carbocycles. The lowest BCUT2D eigenvalue weighted by atomic mass is 10.0. The number of rotatable bonds is 12. The predicted molar refractivity (Wildman–Crippen MR) is 153 cm³/mol. The molecule has 4 rings (SSSR count). The minimum absolute atomic E-state index is 0.0794. The molecule has 1 amide bonds. The number of nitrogens with two attached hydrogens (primary N) is 1. The molecule has 44 heavy (non-hydrogen) atoms. The van der Waals surface area contributed by atoms with E-state index in [1.165, 1.54) is 25.3 Å². The molecule has 0 unspecified atom stereocenters. The monoisotopic (exact) mass is 616 g/mol. The maximum absolute atomic E-state index is 15.4. The molecule has 1 aromatic heterocycles. The van der Waals surface area contributed by atoms with Crippen LogP contribution in [0.2, 0.25) is 0 Å². The average Bonchev–Trinajstić information content (AvgIpc) is 2.98. The summed E-state index contributed by atoms with van der Waals surface area (Å²) in [6.07, 6.45) is -3.59. The van der Waals surface area contributed by atoms with E-state index in [1.54, 1.807) is 30.3 Å². The lowest BCUT2D eigenvalue weighted by Gasteiger charge is -2.22. The van der Waals surface area contributed by atoms with Gasteiger partial charge in [0.15, 0.2) is 11.6 Å². The topological polar surface area (TPSA) is 108 Å². The standard InChI is InChI=1S/C31H29F5N4O4/c1-44-26-13-5-10-20(28(26)33)21-16-39(17-22-23(31(34,35)36)11-6-12-24(22)32)30(43)40(29(21)42)18-25(19-8-3-2-4-9-19)38-15-7-14-27(37)41/h2-6,8-13,16,25,38H,7,14-15,17-18H2,1H3,(H2,37,41)/t25-/m0/s1. The van der Waals surface area contributed by atoms with Gasteiger partial charge in [0, 0.05) is 23.7 Å². The van der Waals surface area contributed by atoms with Gasteiger partial charge in [0.2, 0.25) is 5.91 Å². The van der Waals surface area contributed by atoms with Crippen LogP contribution < -0.4 is 27.0 Å². The molecular weight excluding hydrogens is 587 g/mol. The summed E-state index contributed by atoms with van der Waals surface area (Å²) in [5, 5.41) is 3.17. The van der Waals surface area contributed by atoms with Crippen molar-refractivity contribution in [2.75, 3.05) is 13.7 Å². The van der Waals surface area contributed by atoms with Gasteiger partial charge in [-0.05, 0) is 36.7 Å². The van der Waals surface area contributed by atoms with Crippen LogP contribution in [0.3, 0.4) is 0 Å². The number of nitrogens with one attached hydrogen (secondary N) is 1. The van der Waals surface area contributed by atoms with Crippen molar-refractivity contribution in [2.45, 2.75) is 38.1 Å². The van der Waals surface area contributed by atoms with Crippen molar-refractivity contribution in [1.29, 1.82) is 0 Å². The Labute approximate surface area is 248 Å². The summed E-state index contributed by atoms with van der Waals surface area (Å²) in [5.74, 6) is -2.87. The zero-order valence-corrected chi connectivity index (χ0v) is 23.5. The summed E-state index contributed by atoms with van der Waals surface area (Å²) in [6, 6.07) is 14.4. The fraction of sp³-hybridized carbons (Fsp3) is 0.258. The first-order valence-corrected chi connectivity index (χ1v) is 13.5. The Hall–Kier alpha value is -4.78. The Kier molecular flexibility index (Phi) is 9.99. The van der Waals surface area contributed by atoms with Crippen molar-refractivity contribution >= 4 is 5.91 Å². The molecule has 0 aliphatic heterocycles. The number of methoxy groups -OCH3 is 1. The molecule has 232 valence electrons. The SMILES string of the molecule is COc1cccc(-c2cn(Cc3c(F)cccc3C(F)(F)F)c(=O)n(C[C@H](NCCCC(N)=O)c3ccccc3)c2=O)c1F. The Morgan fingerprint density at radius 1 is 0.977 bits per heavy atom. The van der Waals surface area contributed by atoms with Gasteiger partial charge in [0.25, 0.3) is 5.56 Å². The van der Waals surface area contributed by atoms with Gasteiger partial charge in [-0.3, -0.25) is 18.7 Å². The number of carbonyl (C=O) groups excluding carboxylic acids is 1. The zero-order chi connectivity index (χ0) is 32.0. The van der Waals surface area contributed by atoms with Gasteiger partial charge >= 0.3 is 11.9 Å². The van der Waals surface area contributed by atoms with Crippen LogP contribution in [-0.4, -0.2) is 28.7 Å². The Bertz CT molecular complexity index is 1750. The van der Waals surface area contributed by atoms with Gasteiger partial charge in [-0.25, -0.2) is 13.6 Å². The van der Waals surface area contributed by atoms with E-state index in [2.05, 4.69) is 5.32 Å². The van der Waals surface area contributed by atoms with Gasteiger partial charge in [-0.1, -0.05) is 48.5 Å². The molecule has 0 bridgehead atoms. The van der Waals surface area contributed by atoms with Crippen molar-refractivity contribution in [3.8, 4) is 16.9 Å².